The zero-order valence-electron chi connectivity index (χ0n) is 11.8. The van der Waals surface area contributed by atoms with E-state index in [1.165, 1.54) is 25.7 Å². The Morgan fingerprint density at radius 2 is 1.53 bits per heavy atom. The average Bonchev–Trinajstić information content (AvgIpc) is 2.29. The zero-order valence-corrected chi connectivity index (χ0v) is 11.8. The second-order valence-corrected chi connectivity index (χ2v) is 4.80. The summed E-state index contributed by atoms with van der Waals surface area (Å²) in [6.07, 6.45) is 9.23. The van der Waals surface area contributed by atoms with Gasteiger partial charge in [0.25, 0.3) is 0 Å². The largest absolute Gasteiger partial charge is 0.459 e. The van der Waals surface area contributed by atoms with Crippen LogP contribution in [0.3, 0.4) is 0 Å². The lowest BCUT2D eigenvalue weighted by Gasteiger charge is -2.17. The van der Waals surface area contributed by atoms with Crippen molar-refractivity contribution in [2.24, 2.45) is 0 Å². The van der Waals surface area contributed by atoms with Crippen LogP contribution >= 0.6 is 0 Å². The van der Waals surface area contributed by atoms with Crippen LogP contribution in [0.2, 0.25) is 0 Å². The smallest absolute Gasteiger partial charge is 0.333 e. The molecule has 0 saturated carbocycles. The second kappa shape index (κ2) is 10.4. The topological polar surface area (TPSA) is 26.3 Å². The molecule has 0 fully saturated rings. The van der Waals surface area contributed by atoms with Gasteiger partial charge in [-0.1, -0.05) is 46.1 Å². The highest BCUT2D eigenvalue weighted by Gasteiger charge is 2.14. The maximum atomic E-state index is 11.5. The molecule has 0 aliphatic heterocycles. The van der Waals surface area contributed by atoms with Crippen LogP contribution in [0.15, 0.2) is 12.2 Å². The molecule has 0 amide bonds. The molecule has 0 radical (unpaired) electrons. The van der Waals surface area contributed by atoms with Crippen molar-refractivity contribution >= 4 is 5.97 Å². The number of unbranched alkanes of at least 4 members (excludes halogenated alkanes) is 4. The van der Waals surface area contributed by atoms with Gasteiger partial charge in [0.1, 0.15) is 6.10 Å². The summed E-state index contributed by atoms with van der Waals surface area (Å²) in [6.45, 7) is 9.71. The molecule has 0 rings (SSSR count). The van der Waals surface area contributed by atoms with E-state index in [0.29, 0.717) is 5.57 Å². The summed E-state index contributed by atoms with van der Waals surface area (Å²) in [5, 5.41) is 0. The van der Waals surface area contributed by atoms with Gasteiger partial charge in [-0.15, -0.1) is 0 Å². The molecule has 0 spiro atoms. The summed E-state index contributed by atoms with van der Waals surface area (Å²) in [6, 6.07) is 0. The molecular weight excluding hydrogens is 212 g/mol. The summed E-state index contributed by atoms with van der Waals surface area (Å²) < 4.78 is 5.47. The first-order chi connectivity index (χ1) is 8.11. The molecule has 2 heteroatoms. The summed E-state index contributed by atoms with van der Waals surface area (Å²) in [5.41, 5.74) is 0.501. The predicted octanol–water partition coefficient (Wildman–Crippen LogP) is 4.63. The van der Waals surface area contributed by atoms with E-state index >= 15 is 0 Å². The lowest BCUT2D eigenvalue weighted by atomic mass is 10.0. The van der Waals surface area contributed by atoms with Crippen LogP contribution < -0.4 is 0 Å². The van der Waals surface area contributed by atoms with Crippen molar-refractivity contribution in [2.45, 2.75) is 78.2 Å². The van der Waals surface area contributed by atoms with Crippen LogP contribution in [0.4, 0.5) is 0 Å². The lowest BCUT2D eigenvalue weighted by Crippen LogP contribution is -2.18. The highest BCUT2D eigenvalue weighted by atomic mass is 16.5. The first-order valence-corrected chi connectivity index (χ1v) is 6.98. The summed E-state index contributed by atoms with van der Waals surface area (Å²) in [5.74, 6) is -0.233. The molecule has 0 saturated heterocycles. The number of rotatable bonds is 10. The Balaban J connectivity index is 4.00. The van der Waals surface area contributed by atoms with Gasteiger partial charge in [-0.3, -0.25) is 0 Å². The number of carbonyl (C=O) groups excluding carboxylic acids is 1. The highest BCUT2D eigenvalue weighted by Crippen LogP contribution is 2.15. The minimum atomic E-state index is -0.233. The monoisotopic (exact) mass is 240 g/mol. The van der Waals surface area contributed by atoms with E-state index in [-0.39, 0.29) is 12.1 Å². The maximum absolute atomic E-state index is 11.5. The van der Waals surface area contributed by atoms with Crippen LogP contribution in [0, 0.1) is 0 Å². The Labute approximate surface area is 106 Å². The molecule has 0 aromatic carbocycles. The van der Waals surface area contributed by atoms with Gasteiger partial charge in [0.15, 0.2) is 0 Å². The fourth-order valence-electron chi connectivity index (χ4n) is 1.76. The van der Waals surface area contributed by atoms with Crippen molar-refractivity contribution in [3.05, 3.63) is 12.2 Å². The van der Waals surface area contributed by atoms with E-state index in [0.717, 1.165) is 25.7 Å². The molecule has 2 nitrogen and oxygen atoms in total. The van der Waals surface area contributed by atoms with E-state index in [2.05, 4.69) is 20.4 Å². The third-order valence-electron chi connectivity index (χ3n) is 2.88. The van der Waals surface area contributed by atoms with Crippen LogP contribution in [-0.4, -0.2) is 12.1 Å². The fraction of sp³-hybridized carbons (Fsp3) is 0.800. The van der Waals surface area contributed by atoms with Crippen molar-refractivity contribution in [3.8, 4) is 0 Å². The minimum absolute atomic E-state index is 0.0947. The Morgan fingerprint density at radius 1 is 1.06 bits per heavy atom. The SMILES string of the molecule is C=C(C)C(=O)OC(CCCCC)CCCCC. The molecule has 0 aromatic rings. The van der Waals surface area contributed by atoms with Crippen molar-refractivity contribution in [2.75, 3.05) is 0 Å². The summed E-state index contributed by atoms with van der Waals surface area (Å²) >= 11 is 0. The average molecular weight is 240 g/mol. The maximum Gasteiger partial charge on any atom is 0.333 e. The summed E-state index contributed by atoms with van der Waals surface area (Å²) in [4.78, 5) is 11.5. The highest BCUT2D eigenvalue weighted by molar-refractivity contribution is 5.87. The normalized spacial score (nSPS) is 10.6. The van der Waals surface area contributed by atoms with Gasteiger partial charge in [0.2, 0.25) is 0 Å². The lowest BCUT2D eigenvalue weighted by molar-refractivity contribution is -0.145. The molecule has 0 aliphatic rings. The van der Waals surface area contributed by atoms with Crippen LogP contribution in [0.5, 0.6) is 0 Å². The van der Waals surface area contributed by atoms with E-state index < -0.39 is 0 Å². The van der Waals surface area contributed by atoms with Gasteiger partial charge in [0, 0.05) is 5.57 Å². The van der Waals surface area contributed by atoms with Crippen molar-refractivity contribution in [1.82, 2.24) is 0 Å². The molecule has 0 aromatic heterocycles. The van der Waals surface area contributed by atoms with Gasteiger partial charge in [-0.2, -0.15) is 0 Å². The molecular formula is C15H28O2. The van der Waals surface area contributed by atoms with E-state index in [9.17, 15) is 4.79 Å². The van der Waals surface area contributed by atoms with Crippen LogP contribution in [0.25, 0.3) is 0 Å². The standard InChI is InChI=1S/C15H28O2/c1-5-7-9-11-14(12-10-8-6-2)17-15(16)13(3)4/h14H,3,5-12H2,1-2,4H3. The fourth-order valence-corrected chi connectivity index (χ4v) is 1.76. The van der Waals surface area contributed by atoms with Gasteiger partial charge >= 0.3 is 5.97 Å². The Morgan fingerprint density at radius 3 is 1.88 bits per heavy atom. The number of hydrogen-bond donors (Lipinski definition) is 0. The van der Waals surface area contributed by atoms with E-state index in [1.807, 2.05) is 0 Å². The third-order valence-corrected chi connectivity index (χ3v) is 2.88. The molecule has 17 heavy (non-hydrogen) atoms. The van der Waals surface area contributed by atoms with Gasteiger partial charge in [-0.25, -0.2) is 4.79 Å². The second-order valence-electron chi connectivity index (χ2n) is 4.80. The molecule has 0 aliphatic carbocycles. The van der Waals surface area contributed by atoms with Crippen LogP contribution in [0.1, 0.15) is 72.1 Å². The minimum Gasteiger partial charge on any atom is -0.459 e. The van der Waals surface area contributed by atoms with Crippen molar-refractivity contribution in [3.63, 3.8) is 0 Å². The number of esters is 1. The molecule has 0 unspecified atom stereocenters. The zero-order chi connectivity index (χ0) is 13.1. The third kappa shape index (κ3) is 8.96. The number of hydrogen-bond acceptors (Lipinski definition) is 2. The first-order valence-electron chi connectivity index (χ1n) is 6.98. The van der Waals surface area contributed by atoms with Gasteiger partial charge in [-0.05, 0) is 32.6 Å². The van der Waals surface area contributed by atoms with E-state index in [4.69, 9.17) is 4.74 Å². The predicted molar refractivity (Wildman–Crippen MR) is 73.0 cm³/mol. The Hall–Kier alpha value is -0.790. The Kier molecular flexibility index (Phi) is 9.89. The van der Waals surface area contributed by atoms with Gasteiger partial charge < -0.3 is 4.74 Å². The van der Waals surface area contributed by atoms with E-state index in [1.54, 1.807) is 6.92 Å². The van der Waals surface area contributed by atoms with Crippen molar-refractivity contribution in [1.29, 1.82) is 0 Å². The van der Waals surface area contributed by atoms with Crippen molar-refractivity contribution < 1.29 is 9.53 Å². The molecule has 0 N–H and O–H groups in total. The van der Waals surface area contributed by atoms with Gasteiger partial charge in [0.05, 0.1) is 0 Å². The number of carbonyl (C=O) groups is 1. The van der Waals surface area contributed by atoms with Crippen LogP contribution in [-0.2, 0) is 9.53 Å². The summed E-state index contributed by atoms with van der Waals surface area (Å²) in [7, 11) is 0. The Bertz CT molecular complexity index is 211. The molecule has 0 bridgehead atoms. The quantitative estimate of drug-likeness (QED) is 0.316. The first kappa shape index (κ1) is 16.2. The molecule has 0 atom stereocenters. The molecule has 0 heterocycles. The number of ether oxygens (including phenoxy) is 1. The molecule has 100 valence electrons.